The molecule has 0 saturated heterocycles. The number of carbonyl (C=O) groups is 2. The lowest BCUT2D eigenvalue weighted by molar-refractivity contribution is -0.143. The summed E-state index contributed by atoms with van der Waals surface area (Å²) < 4.78 is 6.18. The van der Waals surface area contributed by atoms with Crippen LogP contribution in [0.15, 0.2) is 22.7 Å². The van der Waals surface area contributed by atoms with E-state index in [1.54, 1.807) is 0 Å². The third-order valence-corrected chi connectivity index (χ3v) is 3.98. The van der Waals surface area contributed by atoms with Crippen LogP contribution in [0.25, 0.3) is 0 Å². The molecule has 0 unspecified atom stereocenters. The number of halogens is 1. The van der Waals surface area contributed by atoms with Gasteiger partial charge in [-0.25, -0.2) is 0 Å². The molecule has 4 nitrogen and oxygen atoms in total. The molecule has 0 N–H and O–H groups in total. The molecule has 21 heavy (non-hydrogen) atoms. The highest BCUT2D eigenvalue weighted by Crippen LogP contribution is 2.30. The van der Waals surface area contributed by atoms with Crippen LogP contribution in [0.3, 0.4) is 0 Å². The predicted octanol–water partition coefficient (Wildman–Crippen LogP) is 3.32. The number of hydrogen-bond acceptors (Lipinski definition) is 3. The first kappa shape index (κ1) is 16.0. The summed E-state index contributed by atoms with van der Waals surface area (Å²) in [4.78, 5) is 25.5. The van der Waals surface area contributed by atoms with Gasteiger partial charge in [0.05, 0.1) is 6.61 Å². The molecule has 0 atom stereocenters. The molecule has 0 saturated carbocycles. The van der Waals surface area contributed by atoms with Gasteiger partial charge in [-0.2, -0.15) is 0 Å². The van der Waals surface area contributed by atoms with Crippen LogP contribution in [-0.2, 0) is 20.7 Å². The van der Waals surface area contributed by atoms with Crippen molar-refractivity contribution in [2.24, 2.45) is 5.92 Å². The standard InChI is InChI=1S/C16H20BrNO3/c1-11(2)7-8-21-16(20)10-18-14-5-4-13(17)9-12(14)3-6-15(18)19/h4-5,9,11H,3,6-8,10H2,1-2H3. The van der Waals surface area contributed by atoms with Gasteiger partial charge in [0, 0.05) is 16.6 Å². The van der Waals surface area contributed by atoms with E-state index in [1.807, 2.05) is 18.2 Å². The molecule has 0 fully saturated rings. The molecule has 0 aliphatic carbocycles. The van der Waals surface area contributed by atoms with Crippen LogP contribution < -0.4 is 4.90 Å². The molecule has 1 aliphatic rings. The monoisotopic (exact) mass is 353 g/mol. The summed E-state index contributed by atoms with van der Waals surface area (Å²) in [6.07, 6.45) is 1.98. The fourth-order valence-electron chi connectivity index (χ4n) is 2.29. The summed E-state index contributed by atoms with van der Waals surface area (Å²) >= 11 is 3.43. The van der Waals surface area contributed by atoms with Gasteiger partial charge >= 0.3 is 5.97 Å². The first-order valence-electron chi connectivity index (χ1n) is 7.22. The Hall–Kier alpha value is -1.36. The molecule has 0 aromatic heterocycles. The quantitative estimate of drug-likeness (QED) is 0.762. The Morgan fingerprint density at radius 1 is 1.38 bits per heavy atom. The van der Waals surface area contributed by atoms with Crippen molar-refractivity contribution in [3.05, 3.63) is 28.2 Å². The van der Waals surface area contributed by atoms with E-state index in [9.17, 15) is 9.59 Å². The highest BCUT2D eigenvalue weighted by atomic mass is 79.9. The van der Waals surface area contributed by atoms with Gasteiger partial charge < -0.3 is 9.64 Å². The number of amides is 1. The maximum absolute atomic E-state index is 12.1. The van der Waals surface area contributed by atoms with Crippen LogP contribution in [0, 0.1) is 5.92 Å². The van der Waals surface area contributed by atoms with Crippen molar-refractivity contribution in [1.82, 2.24) is 0 Å². The number of ether oxygens (including phenoxy) is 1. The maximum atomic E-state index is 12.1. The number of aryl methyl sites for hydroxylation is 1. The Morgan fingerprint density at radius 2 is 2.14 bits per heavy atom. The zero-order chi connectivity index (χ0) is 15.4. The molecule has 2 rings (SSSR count). The van der Waals surface area contributed by atoms with Gasteiger partial charge in [0.15, 0.2) is 0 Å². The van der Waals surface area contributed by atoms with Gasteiger partial charge in [-0.15, -0.1) is 0 Å². The summed E-state index contributed by atoms with van der Waals surface area (Å²) in [5.41, 5.74) is 1.90. The maximum Gasteiger partial charge on any atom is 0.326 e. The number of rotatable bonds is 5. The fourth-order valence-corrected chi connectivity index (χ4v) is 2.69. The molecule has 0 bridgehead atoms. The Kier molecular flexibility index (Phi) is 5.39. The summed E-state index contributed by atoms with van der Waals surface area (Å²) in [5, 5.41) is 0. The minimum atomic E-state index is -0.347. The van der Waals surface area contributed by atoms with E-state index < -0.39 is 0 Å². The molecular formula is C16H20BrNO3. The molecule has 5 heteroatoms. The highest BCUT2D eigenvalue weighted by Gasteiger charge is 2.26. The van der Waals surface area contributed by atoms with Gasteiger partial charge in [0.2, 0.25) is 5.91 Å². The lowest BCUT2D eigenvalue weighted by Gasteiger charge is -2.28. The molecule has 1 aromatic rings. The highest BCUT2D eigenvalue weighted by molar-refractivity contribution is 9.10. The van der Waals surface area contributed by atoms with E-state index >= 15 is 0 Å². The van der Waals surface area contributed by atoms with Gasteiger partial charge in [-0.05, 0) is 42.5 Å². The van der Waals surface area contributed by atoms with E-state index in [1.165, 1.54) is 4.90 Å². The Morgan fingerprint density at radius 3 is 2.86 bits per heavy atom. The third kappa shape index (κ3) is 4.30. The second-order valence-electron chi connectivity index (χ2n) is 5.66. The molecule has 0 spiro atoms. The average Bonchev–Trinajstić information content (AvgIpc) is 2.41. The third-order valence-electron chi connectivity index (χ3n) is 3.49. The molecule has 1 aliphatic heterocycles. The van der Waals surface area contributed by atoms with Crippen LogP contribution in [0.5, 0.6) is 0 Å². The first-order valence-corrected chi connectivity index (χ1v) is 8.01. The van der Waals surface area contributed by atoms with Crippen molar-refractivity contribution in [3.63, 3.8) is 0 Å². The molecular weight excluding hydrogens is 334 g/mol. The van der Waals surface area contributed by atoms with Crippen molar-refractivity contribution >= 4 is 33.5 Å². The normalized spacial score (nSPS) is 14.3. The second-order valence-corrected chi connectivity index (χ2v) is 6.57. The minimum absolute atomic E-state index is 0.00837. The Bertz CT molecular complexity index is 542. The second kappa shape index (κ2) is 7.07. The molecule has 0 radical (unpaired) electrons. The lowest BCUT2D eigenvalue weighted by atomic mass is 10.0. The van der Waals surface area contributed by atoms with Crippen molar-refractivity contribution in [3.8, 4) is 0 Å². The van der Waals surface area contributed by atoms with E-state index in [2.05, 4.69) is 29.8 Å². The van der Waals surface area contributed by atoms with Gasteiger partial charge in [-0.3, -0.25) is 9.59 Å². The van der Waals surface area contributed by atoms with Crippen LogP contribution in [-0.4, -0.2) is 25.0 Å². The average molecular weight is 354 g/mol. The van der Waals surface area contributed by atoms with Crippen LogP contribution >= 0.6 is 15.9 Å². The van der Waals surface area contributed by atoms with E-state index in [0.717, 1.165) is 22.1 Å². The van der Waals surface area contributed by atoms with Crippen molar-refractivity contribution in [2.75, 3.05) is 18.1 Å². The SMILES string of the molecule is CC(C)CCOC(=O)CN1C(=O)CCc2cc(Br)ccc21. The van der Waals surface area contributed by atoms with Crippen LogP contribution in [0.4, 0.5) is 5.69 Å². The predicted molar refractivity (Wildman–Crippen MR) is 85.2 cm³/mol. The minimum Gasteiger partial charge on any atom is -0.464 e. The largest absolute Gasteiger partial charge is 0.464 e. The zero-order valence-electron chi connectivity index (χ0n) is 12.4. The van der Waals surface area contributed by atoms with Gasteiger partial charge in [-0.1, -0.05) is 29.8 Å². The van der Waals surface area contributed by atoms with Crippen molar-refractivity contribution < 1.29 is 14.3 Å². The summed E-state index contributed by atoms with van der Waals surface area (Å²) in [7, 11) is 0. The smallest absolute Gasteiger partial charge is 0.326 e. The zero-order valence-corrected chi connectivity index (χ0v) is 14.0. The summed E-state index contributed by atoms with van der Waals surface area (Å²) in [6, 6.07) is 5.76. The molecule has 114 valence electrons. The number of esters is 1. The van der Waals surface area contributed by atoms with Crippen molar-refractivity contribution in [2.45, 2.75) is 33.1 Å². The molecule has 1 heterocycles. The molecule has 1 aromatic carbocycles. The molecule has 1 amide bonds. The van der Waals surface area contributed by atoms with Crippen LogP contribution in [0.2, 0.25) is 0 Å². The van der Waals surface area contributed by atoms with Gasteiger partial charge in [0.1, 0.15) is 6.54 Å². The summed E-state index contributed by atoms with van der Waals surface area (Å²) in [5.74, 6) is 0.123. The van der Waals surface area contributed by atoms with E-state index in [0.29, 0.717) is 25.4 Å². The topological polar surface area (TPSA) is 46.6 Å². The number of nitrogens with zero attached hydrogens (tertiary/aromatic N) is 1. The Labute approximate surface area is 133 Å². The number of hydrogen-bond donors (Lipinski definition) is 0. The van der Waals surface area contributed by atoms with E-state index in [4.69, 9.17) is 4.74 Å². The number of fused-ring (bicyclic) bond motifs is 1. The Balaban J connectivity index is 2.02. The fraction of sp³-hybridized carbons (Fsp3) is 0.500. The number of benzene rings is 1. The summed E-state index contributed by atoms with van der Waals surface area (Å²) in [6.45, 7) is 4.56. The van der Waals surface area contributed by atoms with Crippen molar-refractivity contribution in [1.29, 1.82) is 0 Å². The van der Waals surface area contributed by atoms with Crippen LogP contribution in [0.1, 0.15) is 32.3 Å². The van der Waals surface area contributed by atoms with Gasteiger partial charge in [0.25, 0.3) is 0 Å². The lowest BCUT2D eigenvalue weighted by Crippen LogP contribution is -2.39. The first-order chi connectivity index (χ1) is 9.97. The van der Waals surface area contributed by atoms with E-state index in [-0.39, 0.29) is 18.4 Å². The number of carbonyl (C=O) groups excluding carboxylic acids is 2. The number of anilines is 1.